The Bertz CT molecular complexity index is 858. The van der Waals surface area contributed by atoms with E-state index in [2.05, 4.69) is 15.3 Å². The first-order chi connectivity index (χ1) is 12.8. The number of nitrogens with one attached hydrogen (secondary N) is 1. The number of hydrogen-bond acceptors (Lipinski definition) is 5. The molecule has 1 aliphatic heterocycles. The number of alkyl halides is 3. The molecule has 1 aromatic heterocycles. The topological polar surface area (TPSA) is 67.4 Å². The van der Waals surface area contributed by atoms with Gasteiger partial charge in [-0.25, -0.2) is 9.97 Å². The number of carbonyl (C=O) groups is 1. The van der Waals surface area contributed by atoms with Gasteiger partial charge >= 0.3 is 6.18 Å². The molecular weight excluding hydrogens is 408 g/mol. The number of amides is 1. The first-order valence-electron chi connectivity index (χ1n) is 7.79. The van der Waals surface area contributed by atoms with Gasteiger partial charge in [0.15, 0.2) is 5.69 Å². The molecular formula is C16H13Cl2F3N4O2. The smallest absolute Gasteiger partial charge is 0.378 e. The van der Waals surface area contributed by atoms with Crippen LogP contribution >= 0.6 is 23.2 Å². The first kappa shape index (κ1) is 19.7. The molecule has 1 fully saturated rings. The molecule has 3 rings (SSSR count). The number of hydrogen-bond donors (Lipinski definition) is 1. The van der Waals surface area contributed by atoms with Crippen molar-refractivity contribution in [3.05, 3.63) is 45.7 Å². The van der Waals surface area contributed by atoms with E-state index in [1.165, 1.54) is 23.1 Å². The second kappa shape index (κ2) is 7.87. The Morgan fingerprint density at radius 1 is 1.19 bits per heavy atom. The van der Waals surface area contributed by atoms with Gasteiger partial charge in [-0.1, -0.05) is 23.2 Å². The summed E-state index contributed by atoms with van der Waals surface area (Å²) in [6, 6.07) is 4.41. The van der Waals surface area contributed by atoms with Crippen LogP contribution in [-0.4, -0.2) is 47.1 Å². The number of rotatable bonds is 3. The lowest BCUT2D eigenvalue weighted by molar-refractivity contribution is -0.141. The molecule has 1 saturated heterocycles. The minimum atomic E-state index is -4.83. The van der Waals surface area contributed by atoms with Crippen LogP contribution in [0.1, 0.15) is 16.1 Å². The Hall–Kier alpha value is -2.10. The summed E-state index contributed by atoms with van der Waals surface area (Å²) < 4.78 is 45.5. The van der Waals surface area contributed by atoms with Crippen molar-refractivity contribution in [2.75, 3.05) is 31.6 Å². The third-order valence-electron chi connectivity index (χ3n) is 3.76. The fourth-order valence-corrected chi connectivity index (χ4v) is 2.75. The van der Waals surface area contributed by atoms with E-state index >= 15 is 0 Å². The number of aromatic nitrogens is 2. The monoisotopic (exact) mass is 420 g/mol. The fourth-order valence-electron chi connectivity index (χ4n) is 2.45. The van der Waals surface area contributed by atoms with Gasteiger partial charge in [0, 0.05) is 25.0 Å². The maximum absolute atomic E-state index is 13.5. The van der Waals surface area contributed by atoms with E-state index in [1.54, 1.807) is 0 Å². The molecule has 11 heteroatoms. The van der Waals surface area contributed by atoms with Crippen LogP contribution in [0.3, 0.4) is 0 Å². The number of ether oxygens (including phenoxy) is 1. The Kier molecular flexibility index (Phi) is 5.73. The summed E-state index contributed by atoms with van der Waals surface area (Å²) in [5.74, 6) is -1.11. The van der Waals surface area contributed by atoms with Gasteiger partial charge in [0.2, 0.25) is 5.95 Å². The van der Waals surface area contributed by atoms with Crippen molar-refractivity contribution >= 4 is 40.7 Å². The number of halogens is 5. The molecule has 2 heterocycles. The summed E-state index contributed by atoms with van der Waals surface area (Å²) in [4.78, 5) is 21.1. The standard InChI is InChI=1S/C16H13Cl2F3N4O2/c17-11-2-1-9(7-12(11)18)23-15-22-8-10(13(24-15)16(19,20)21)14(26)25-3-5-27-6-4-25/h1-2,7-8H,3-6H2,(H,22,23,24). The van der Waals surface area contributed by atoms with E-state index in [1.807, 2.05) is 0 Å². The lowest BCUT2D eigenvalue weighted by Crippen LogP contribution is -2.41. The first-order valence-corrected chi connectivity index (χ1v) is 8.54. The van der Waals surface area contributed by atoms with Crippen LogP contribution in [0.5, 0.6) is 0 Å². The number of nitrogens with zero attached hydrogens (tertiary/aromatic N) is 3. The molecule has 0 atom stereocenters. The molecule has 0 aliphatic carbocycles. The van der Waals surface area contributed by atoms with Gasteiger partial charge in [-0.05, 0) is 18.2 Å². The van der Waals surface area contributed by atoms with Gasteiger partial charge in [-0.2, -0.15) is 13.2 Å². The average Bonchev–Trinajstić information content (AvgIpc) is 2.64. The molecule has 1 aromatic carbocycles. The zero-order valence-corrected chi connectivity index (χ0v) is 15.2. The van der Waals surface area contributed by atoms with E-state index in [-0.39, 0.29) is 37.3 Å². The molecule has 1 aliphatic rings. The van der Waals surface area contributed by atoms with Crippen molar-refractivity contribution in [2.24, 2.45) is 0 Å². The van der Waals surface area contributed by atoms with E-state index in [4.69, 9.17) is 27.9 Å². The van der Waals surface area contributed by atoms with Crippen LogP contribution in [0.15, 0.2) is 24.4 Å². The highest BCUT2D eigenvalue weighted by molar-refractivity contribution is 6.42. The van der Waals surface area contributed by atoms with Crippen molar-refractivity contribution < 1.29 is 22.7 Å². The largest absolute Gasteiger partial charge is 0.434 e. The zero-order valence-electron chi connectivity index (χ0n) is 13.7. The maximum Gasteiger partial charge on any atom is 0.434 e. The molecule has 0 unspecified atom stereocenters. The van der Waals surface area contributed by atoms with Gasteiger partial charge in [0.05, 0.1) is 28.8 Å². The number of morpholine rings is 1. The van der Waals surface area contributed by atoms with Gasteiger partial charge < -0.3 is 15.0 Å². The van der Waals surface area contributed by atoms with Crippen LogP contribution in [0, 0.1) is 0 Å². The molecule has 0 spiro atoms. The highest BCUT2D eigenvalue weighted by atomic mass is 35.5. The van der Waals surface area contributed by atoms with Crippen LogP contribution in [0.4, 0.5) is 24.8 Å². The maximum atomic E-state index is 13.5. The third-order valence-corrected chi connectivity index (χ3v) is 4.50. The quantitative estimate of drug-likeness (QED) is 0.811. The van der Waals surface area contributed by atoms with Gasteiger partial charge in [0.1, 0.15) is 0 Å². The highest BCUT2D eigenvalue weighted by Crippen LogP contribution is 2.32. The van der Waals surface area contributed by atoms with Crippen LogP contribution in [0.25, 0.3) is 0 Å². The summed E-state index contributed by atoms with van der Waals surface area (Å²) in [5.41, 5.74) is -1.56. The SMILES string of the molecule is O=C(c1cnc(Nc2ccc(Cl)c(Cl)c2)nc1C(F)(F)F)N1CCOCC1. The number of anilines is 2. The van der Waals surface area contributed by atoms with Gasteiger partial charge in [-0.15, -0.1) is 0 Å². The van der Waals surface area contributed by atoms with E-state index in [0.717, 1.165) is 6.20 Å². The van der Waals surface area contributed by atoms with Crippen LogP contribution in [-0.2, 0) is 10.9 Å². The molecule has 2 aromatic rings. The zero-order chi connectivity index (χ0) is 19.6. The average molecular weight is 421 g/mol. The summed E-state index contributed by atoms with van der Waals surface area (Å²) in [5, 5.41) is 3.14. The molecule has 6 nitrogen and oxygen atoms in total. The summed E-state index contributed by atoms with van der Waals surface area (Å²) >= 11 is 11.7. The molecule has 1 N–H and O–H groups in total. The lowest BCUT2D eigenvalue weighted by atomic mass is 10.2. The lowest BCUT2D eigenvalue weighted by Gasteiger charge is -2.27. The Morgan fingerprint density at radius 2 is 1.89 bits per heavy atom. The van der Waals surface area contributed by atoms with E-state index in [9.17, 15) is 18.0 Å². The summed E-state index contributed by atoms with van der Waals surface area (Å²) in [6.07, 6.45) is -3.96. The molecule has 27 heavy (non-hydrogen) atoms. The minimum Gasteiger partial charge on any atom is -0.378 e. The number of benzene rings is 1. The van der Waals surface area contributed by atoms with E-state index in [0.29, 0.717) is 10.7 Å². The van der Waals surface area contributed by atoms with Crippen molar-refractivity contribution in [2.45, 2.75) is 6.18 Å². The second-order valence-electron chi connectivity index (χ2n) is 5.61. The summed E-state index contributed by atoms with van der Waals surface area (Å²) in [7, 11) is 0. The molecule has 0 bridgehead atoms. The molecule has 1 amide bonds. The minimum absolute atomic E-state index is 0.208. The highest BCUT2D eigenvalue weighted by Gasteiger charge is 2.39. The van der Waals surface area contributed by atoms with E-state index < -0.39 is 23.3 Å². The Balaban J connectivity index is 1.91. The van der Waals surface area contributed by atoms with Crippen molar-refractivity contribution in [3.63, 3.8) is 0 Å². The Morgan fingerprint density at radius 3 is 2.52 bits per heavy atom. The summed E-state index contributed by atoms with van der Waals surface area (Å²) in [6.45, 7) is 0.953. The normalized spacial score (nSPS) is 14.9. The predicted molar refractivity (Wildman–Crippen MR) is 93.5 cm³/mol. The van der Waals surface area contributed by atoms with Gasteiger partial charge in [0.25, 0.3) is 5.91 Å². The second-order valence-corrected chi connectivity index (χ2v) is 6.43. The molecule has 0 radical (unpaired) electrons. The molecule has 144 valence electrons. The van der Waals surface area contributed by atoms with Crippen LogP contribution < -0.4 is 5.32 Å². The van der Waals surface area contributed by atoms with Gasteiger partial charge in [-0.3, -0.25) is 4.79 Å². The Labute approximate surface area is 162 Å². The van der Waals surface area contributed by atoms with Crippen molar-refractivity contribution in [1.82, 2.24) is 14.9 Å². The van der Waals surface area contributed by atoms with Crippen molar-refractivity contribution in [1.29, 1.82) is 0 Å². The third kappa shape index (κ3) is 4.60. The van der Waals surface area contributed by atoms with Crippen LogP contribution in [0.2, 0.25) is 10.0 Å². The predicted octanol–water partition coefficient (Wildman–Crippen LogP) is 4.02. The number of carbonyl (C=O) groups excluding carboxylic acids is 1. The molecule has 0 saturated carbocycles. The van der Waals surface area contributed by atoms with Crippen molar-refractivity contribution in [3.8, 4) is 0 Å². The fraction of sp³-hybridized carbons (Fsp3) is 0.312.